The summed E-state index contributed by atoms with van der Waals surface area (Å²) in [5, 5.41) is 3.52. The fraction of sp³-hybridized carbons (Fsp3) is 0.389. The first-order valence-corrected chi connectivity index (χ1v) is 9.25. The van der Waals surface area contributed by atoms with E-state index >= 15 is 0 Å². The molecule has 0 fully saturated rings. The van der Waals surface area contributed by atoms with Crippen LogP contribution >= 0.6 is 11.8 Å². The van der Waals surface area contributed by atoms with Gasteiger partial charge in [0.1, 0.15) is 6.54 Å². The van der Waals surface area contributed by atoms with Gasteiger partial charge in [-0.3, -0.25) is 14.2 Å². The van der Waals surface area contributed by atoms with Gasteiger partial charge >= 0.3 is 0 Å². The van der Waals surface area contributed by atoms with E-state index in [2.05, 4.69) is 10.3 Å². The number of aromatic nitrogens is 2. The van der Waals surface area contributed by atoms with Gasteiger partial charge in [-0.1, -0.05) is 23.9 Å². The van der Waals surface area contributed by atoms with Gasteiger partial charge in [-0.2, -0.15) is 0 Å². The average Bonchev–Trinajstić information content (AvgIpc) is 3.02. The monoisotopic (exact) mass is 343 g/mol. The Morgan fingerprint density at radius 2 is 2.12 bits per heavy atom. The van der Waals surface area contributed by atoms with Crippen LogP contribution in [-0.4, -0.2) is 21.7 Å². The van der Waals surface area contributed by atoms with Crippen LogP contribution in [0, 0.1) is 13.8 Å². The number of fused-ring (bicyclic) bond motifs is 1. The number of nitrogens with zero attached hydrogens (tertiary/aromatic N) is 2. The second kappa shape index (κ2) is 6.81. The third kappa shape index (κ3) is 3.24. The first-order chi connectivity index (χ1) is 11.5. The van der Waals surface area contributed by atoms with Crippen molar-refractivity contribution in [2.24, 2.45) is 0 Å². The Hall–Kier alpha value is -2.08. The van der Waals surface area contributed by atoms with Crippen molar-refractivity contribution in [3.8, 4) is 0 Å². The molecule has 5 nitrogen and oxygen atoms in total. The normalized spacial score (nSPS) is 13.0. The lowest BCUT2D eigenvalue weighted by Gasteiger charge is -2.14. The van der Waals surface area contributed by atoms with Crippen LogP contribution in [0.3, 0.4) is 0 Å². The summed E-state index contributed by atoms with van der Waals surface area (Å²) < 4.78 is 1.50. The number of hydrogen-bond donors (Lipinski definition) is 1. The number of aryl methyl sites for hydroxylation is 3. The van der Waals surface area contributed by atoms with Gasteiger partial charge in [0, 0.05) is 11.3 Å². The van der Waals surface area contributed by atoms with Crippen LogP contribution in [0.15, 0.2) is 28.2 Å². The number of carbonyl (C=O) groups excluding carboxylic acids is 1. The van der Waals surface area contributed by atoms with E-state index in [-0.39, 0.29) is 18.0 Å². The molecule has 0 atom stereocenters. The first kappa shape index (κ1) is 16.8. The molecule has 24 heavy (non-hydrogen) atoms. The van der Waals surface area contributed by atoms with E-state index in [1.807, 2.05) is 38.3 Å². The van der Waals surface area contributed by atoms with E-state index in [0.29, 0.717) is 5.16 Å². The molecule has 0 spiro atoms. The quantitative estimate of drug-likeness (QED) is 0.685. The number of hydrogen-bond acceptors (Lipinski definition) is 4. The molecule has 3 rings (SSSR count). The van der Waals surface area contributed by atoms with Crippen LogP contribution in [0.5, 0.6) is 0 Å². The van der Waals surface area contributed by atoms with Crippen LogP contribution in [0.1, 0.15) is 28.8 Å². The Balaban J connectivity index is 1.87. The molecule has 0 radical (unpaired) electrons. The highest BCUT2D eigenvalue weighted by Crippen LogP contribution is 2.21. The Kier molecular flexibility index (Phi) is 4.76. The molecule has 0 aliphatic heterocycles. The standard InChI is InChI=1S/C18H21N3O2S/c1-11-7-8-12(2)15(9-11)19-16(22)10-21-17(23)13-5-4-6-14(13)20-18(21)24-3/h7-9H,4-6,10H2,1-3H3,(H,19,22). The van der Waals surface area contributed by atoms with Gasteiger partial charge in [0.2, 0.25) is 5.91 Å². The zero-order valence-corrected chi connectivity index (χ0v) is 15.0. The van der Waals surface area contributed by atoms with Crippen molar-refractivity contribution < 1.29 is 4.79 Å². The molecule has 1 amide bonds. The molecule has 1 N–H and O–H groups in total. The summed E-state index contributed by atoms with van der Waals surface area (Å²) in [5.74, 6) is -0.208. The van der Waals surface area contributed by atoms with Gasteiger partial charge in [0.05, 0.1) is 5.69 Å². The summed E-state index contributed by atoms with van der Waals surface area (Å²) in [6, 6.07) is 5.92. The van der Waals surface area contributed by atoms with E-state index in [4.69, 9.17) is 0 Å². The van der Waals surface area contributed by atoms with Crippen molar-refractivity contribution in [2.75, 3.05) is 11.6 Å². The third-order valence-corrected chi connectivity index (χ3v) is 4.98. The summed E-state index contributed by atoms with van der Waals surface area (Å²) in [5.41, 5.74) is 4.46. The van der Waals surface area contributed by atoms with Crippen LogP contribution in [-0.2, 0) is 24.2 Å². The highest BCUT2D eigenvalue weighted by atomic mass is 32.2. The second-order valence-electron chi connectivity index (χ2n) is 6.14. The molecule has 0 saturated carbocycles. The summed E-state index contributed by atoms with van der Waals surface area (Å²) in [6.45, 7) is 3.92. The third-order valence-electron chi connectivity index (χ3n) is 4.30. The molecule has 1 aliphatic rings. The maximum Gasteiger partial charge on any atom is 0.258 e. The highest BCUT2D eigenvalue weighted by Gasteiger charge is 2.21. The lowest BCUT2D eigenvalue weighted by atomic mass is 10.1. The maximum absolute atomic E-state index is 12.7. The number of rotatable bonds is 4. The fourth-order valence-corrected chi connectivity index (χ4v) is 3.58. The zero-order valence-electron chi connectivity index (χ0n) is 14.2. The van der Waals surface area contributed by atoms with Crippen molar-refractivity contribution in [3.63, 3.8) is 0 Å². The molecule has 126 valence electrons. The lowest BCUT2D eigenvalue weighted by molar-refractivity contribution is -0.116. The number of anilines is 1. The molecule has 1 aliphatic carbocycles. The lowest BCUT2D eigenvalue weighted by Crippen LogP contribution is -2.32. The Morgan fingerprint density at radius 3 is 2.88 bits per heavy atom. The Morgan fingerprint density at radius 1 is 1.33 bits per heavy atom. The smallest absolute Gasteiger partial charge is 0.258 e. The van der Waals surface area contributed by atoms with Crippen molar-refractivity contribution in [1.29, 1.82) is 0 Å². The molecule has 0 unspecified atom stereocenters. The zero-order chi connectivity index (χ0) is 17.3. The van der Waals surface area contributed by atoms with Gasteiger partial charge in [-0.05, 0) is 56.6 Å². The fourth-order valence-electron chi connectivity index (χ4n) is 3.01. The van der Waals surface area contributed by atoms with E-state index in [1.165, 1.54) is 16.3 Å². The van der Waals surface area contributed by atoms with E-state index < -0.39 is 0 Å². The van der Waals surface area contributed by atoms with Crippen LogP contribution < -0.4 is 10.9 Å². The molecule has 0 bridgehead atoms. The topological polar surface area (TPSA) is 64.0 Å². The van der Waals surface area contributed by atoms with E-state index in [0.717, 1.165) is 47.3 Å². The van der Waals surface area contributed by atoms with Crippen molar-refractivity contribution in [2.45, 2.75) is 44.8 Å². The predicted molar refractivity (Wildman–Crippen MR) is 96.8 cm³/mol. The molecular formula is C18H21N3O2S. The molecule has 1 aromatic heterocycles. The van der Waals surface area contributed by atoms with Crippen molar-refractivity contribution in [1.82, 2.24) is 9.55 Å². The van der Waals surface area contributed by atoms with Gasteiger partial charge in [0.15, 0.2) is 5.16 Å². The summed E-state index contributed by atoms with van der Waals surface area (Å²) in [6.07, 6.45) is 4.45. The predicted octanol–water partition coefficient (Wildman–Crippen LogP) is 2.71. The second-order valence-corrected chi connectivity index (χ2v) is 6.91. The molecule has 0 saturated heterocycles. The minimum absolute atomic E-state index is 0.0112. The van der Waals surface area contributed by atoms with Crippen LogP contribution in [0.25, 0.3) is 0 Å². The number of benzene rings is 1. The average molecular weight is 343 g/mol. The van der Waals surface area contributed by atoms with E-state index in [1.54, 1.807) is 0 Å². The van der Waals surface area contributed by atoms with Crippen molar-refractivity contribution >= 4 is 23.4 Å². The van der Waals surface area contributed by atoms with Crippen LogP contribution in [0.4, 0.5) is 5.69 Å². The van der Waals surface area contributed by atoms with Gasteiger partial charge in [-0.15, -0.1) is 0 Å². The Bertz CT molecular complexity index is 858. The number of nitrogens with one attached hydrogen (secondary N) is 1. The summed E-state index contributed by atoms with van der Waals surface area (Å²) >= 11 is 1.40. The highest BCUT2D eigenvalue weighted by molar-refractivity contribution is 7.98. The van der Waals surface area contributed by atoms with Crippen molar-refractivity contribution in [3.05, 3.63) is 50.9 Å². The summed E-state index contributed by atoms with van der Waals surface area (Å²) in [7, 11) is 0. The summed E-state index contributed by atoms with van der Waals surface area (Å²) in [4.78, 5) is 29.7. The Labute approximate surface area is 145 Å². The first-order valence-electron chi connectivity index (χ1n) is 8.03. The minimum atomic E-state index is -0.208. The molecule has 1 aromatic carbocycles. The van der Waals surface area contributed by atoms with Gasteiger partial charge < -0.3 is 5.32 Å². The SMILES string of the molecule is CSc1nc2c(c(=O)n1CC(=O)Nc1cc(C)ccc1C)CCC2. The number of thioether (sulfide) groups is 1. The molecule has 1 heterocycles. The van der Waals surface area contributed by atoms with Crippen LogP contribution in [0.2, 0.25) is 0 Å². The number of carbonyl (C=O) groups is 1. The minimum Gasteiger partial charge on any atom is -0.324 e. The molecule has 6 heteroatoms. The van der Waals surface area contributed by atoms with E-state index in [9.17, 15) is 9.59 Å². The molecule has 2 aromatic rings. The number of amides is 1. The largest absolute Gasteiger partial charge is 0.324 e. The van der Waals surface area contributed by atoms with Gasteiger partial charge in [-0.25, -0.2) is 4.98 Å². The molecular weight excluding hydrogens is 322 g/mol. The maximum atomic E-state index is 12.7. The van der Waals surface area contributed by atoms with Gasteiger partial charge in [0.25, 0.3) is 5.56 Å².